The van der Waals surface area contributed by atoms with E-state index in [1.165, 1.54) is 29.2 Å². The van der Waals surface area contributed by atoms with Crippen LogP contribution in [0.3, 0.4) is 0 Å². The minimum Gasteiger partial charge on any atom is -0.390 e. The van der Waals surface area contributed by atoms with E-state index in [2.05, 4.69) is 20.5 Å². The fourth-order valence-corrected chi connectivity index (χ4v) is 9.26. The molecule has 5 atom stereocenters. The number of nitrogens with zero attached hydrogens (tertiary/aromatic N) is 2. The number of benzene rings is 3. The number of hydrogen-bond donors (Lipinski definition) is 3. The molecule has 2 unspecified atom stereocenters. The molecule has 3 aliphatic carbocycles. The summed E-state index contributed by atoms with van der Waals surface area (Å²) in [5.74, 6) is -3.46. The average Bonchev–Trinajstić information content (AvgIpc) is 4.08. The Hall–Kier alpha value is -5.37. The Morgan fingerprint density at radius 1 is 0.891 bits per heavy atom. The van der Waals surface area contributed by atoms with Gasteiger partial charge in [-0.3, -0.25) is 23.9 Å². The predicted molar refractivity (Wildman–Crippen MR) is 201 cm³/mol. The van der Waals surface area contributed by atoms with Crippen molar-refractivity contribution < 1.29 is 36.8 Å². The summed E-state index contributed by atoms with van der Waals surface area (Å²) in [4.78, 5) is 63.5. The van der Waals surface area contributed by atoms with Gasteiger partial charge in [-0.25, -0.2) is 12.8 Å². The number of fused-ring (bicyclic) bond motifs is 5. The SMILES string of the molecule is O=C(N[C@H]1CCCCC/C=C\C2CC2(C(=O)NS(=O)(=O)C2CC2)NC(=O)[C@@H]2C[C@@H](ON=C3c4ccccc4-c4ccccc43)CN2C1=O)c1ccc(F)cc1. The molecule has 3 N–H and O–H groups in total. The van der Waals surface area contributed by atoms with Gasteiger partial charge in [0.05, 0.1) is 11.8 Å². The number of rotatable bonds is 7. The maximum absolute atomic E-state index is 14.5. The van der Waals surface area contributed by atoms with Crippen LogP contribution in [-0.4, -0.2) is 78.2 Å². The number of sulfonamides is 1. The van der Waals surface area contributed by atoms with Crippen LogP contribution in [0, 0.1) is 11.7 Å². The highest BCUT2D eigenvalue weighted by molar-refractivity contribution is 7.91. The lowest BCUT2D eigenvalue weighted by Gasteiger charge is -2.30. The fraction of sp³-hybridized carbons (Fsp3) is 0.390. The van der Waals surface area contributed by atoms with Gasteiger partial charge in [0.15, 0.2) is 0 Å². The van der Waals surface area contributed by atoms with E-state index in [1.54, 1.807) is 0 Å². The number of hydrogen-bond acceptors (Lipinski definition) is 8. The third-order valence-electron chi connectivity index (χ3n) is 11.2. The lowest BCUT2D eigenvalue weighted by molar-refractivity contribution is -0.141. The first-order valence-corrected chi connectivity index (χ1v) is 20.4. The molecule has 0 bridgehead atoms. The monoisotopic (exact) mass is 767 g/mol. The van der Waals surface area contributed by atoms with Gasteiger partial charge in [0.2, 0.25) is 21.8 Å². The number of nitrogens with one attached hydrogen (secondary N) is 3. The summed E-state index contributed by atoms with van der Waals surface area (Å²) in [6, 6.07) is 18.5. The third kappa shape index (κ3) is 7.39. The lowest BCUT2D eigenvalue weighted by atomic mass is 10.0. The maximum atomic E-state index is 14.5. The zero-order chi connectivity index (χ0) is 38.3. The summed E-state index contributed by atoms with van der Waals surface area (Å²) in [6.45, 7) is -0.0432. The molecule has 14 heteroatoms. The second-order valence-corrected chi connectivity index (χ2v) is 17.0. The predicted octanol–water partition coefficient (Wildman–Crippen LogP) is 4.35. The molecule has 2 heterocycles. The van der Waals surface area contributed by atoms with Crippen LogP contribution in [0.1, 0.15) is 79.3 Å². The van der Waals surface area contributed by atoms with Gasteiger partial charge in [-0.05, 0) is 73.9 Å². The second kappa shape index (κ2) is 14.7. The molecule has 2 aliphatic heterocycles. The minimum atomic E-state index is -3.90. The molecule has 3 aromatic carbocycles. The van der Waals surface area contributed by atoms with Crippen molar-refractivity contribution in [2.45, 2.75) is 86.8 Å². The van der Waals surface area contributed by atoms with Gasteiger partial charge in [0, 0.05) is 29.0 Å². The Labute approximate surface area is 318 Å². The minimum absolute atomic E-state index is 0.0227. The van der Waals surface area contributed by atoms with Gasteiger partial charge in [-0.15, -0.1) is 0 Å². The first kappa shape index (κ1) is 36.6. The van der Waals surface area contributed by atoms with Gasteiger partial charge >= 0.3 is 0 Å². The van der Waals surface area contributed by atoms with E-state index in [0.29, 0.717) is 31.4 Å². The number of carbonyl (C=O) groups excluding carboxylic acids is 4. The molecule has 1 saturated heterocycles. The van der Waals surface area contributed by atoms with Crippen molar-refractivity contribution in [2.75, 3.05) is 6.54 Å². The average molecular weight is 768 g/mol. The van der Waals surface area contributed by atoms with Crippen molar-refractivity contribution in [1.82, 2.24) is 20.3 Å². The number of amides is 4. The first-order chi connectivity index (χ1) is 26.5. The van der Waals surface area contributed by atoms with Crippen LogP contribution in [0.2, 0.25) is 0 Å². The topological polar surface area (TPSA) is 163 Å². The fourth-order valence-electron chi connectivity index (χ4n) is 7.90. The molecule has 0 spiro atoms. The molecule has 3 fully saturated rings. The van der Waals surface area contributed by atoms with Gasteiger partial charge < -0.3 is 20.4 Å². The Morgan fingerprint density at radius 3 is 2.24 bits per heavy atom. The van der Waals surface area contributed by atoms with Crippen LogP contribution < -0.4 is 15.4 Å². The van der Waals surface area contributed by atoms with Crippen LogP contribution in [0.5, 0.6) is 0 Å². The van der Waals surface area contributed by atoms with Crippen molar-refractivity contribution in [1.29, 1.82) is 0 Å². The Kier molecular flexibility index (Phi) is 9.78. The van der Waals surface area contributed by atoms with E-state index in [-0.39, 0.29) is 31.4 Å². The maximum Gasteiger partial charge on any atom is 0.259 e. The Balaban J connectivity index is 1.10. The largest absolute Gasteiger partial charge is 0.390 e. The van der Waals surface area contributed by atoms with Crippen molar-refractivity contribution >= 4 is 39.4 Å². The van der Waals surface area contributed by atoms with Crippen LogP contribution >= 0.6 is 0 Å². The van der Waals surface area contributed by atoms with Gasteiger partial charge in [-0.1, -0.05) is 78.7 Å². The molecule has 5 aliphatic rings. The zero-order valence-corrected chi connectivity index (χ0v) is 30.9. The number of halogens is 1. The van der Waals surface area contributed by atoms with Crippen LogP contribution in [-0.2, 0) is 29.2 Å². The quantitative estimate of drug-likeness (QED) is 0.186. The van der Waals surface area contributed by atoms with Crippen molar-refractivity contribution in [3.63, 3.8) is 0 Å². The summed E-state index contributed by atoms with van der Waals surface area (Å²) in [7, 11) is -3.90. The van der Waals surface area contributed by atoms with Crippen molar-refractivity contribution in [3.8, 4) is 11.1 Å². The number of oxime groups is 1. The Morgan fingerprint density at radius 2 is 1.56 bits per heavy atom. The Bertz CT molecular complexity index is 2160. The third-order valence-corrected chi connectivity index (χ3v) is 13.0. The second-order valence-electron chi connectivity index (χ2n) is 15.0. The summed E-state index contributed by atoms with van der Waals surface area (Å²) in [5.41, 5.74) is 3.07. The highest BCUT2D eigenvalue weighted by Gasteiger charge is 2.62. The van der Waals surface area contributed by atoms with Crippen LogP contribution in [0.4, 0.5) is 4.39 Å². The zero-order valence-electron chi connectivity index (χ0n) is 30.1. The summed E-state index contributed by atoms with van der Waals surface area (Å²) in [5, 5.41) is 9.65. The van der Waals surface area contributed by atoms with Crippen molar-refractivity contribution in [2.24, 2.45) is 11.1 Å². The molecule has 286 valence electrons. The van der Waals surface area contributed by atoms with E-state index in [1.807, 2.05) is 60.7 Å². The van der Waals surface area contributed by atoms with Crippen molar-refractivity contribution in [3.05, 3.63) is 107 Å². The van der Waals surface area contributed by atoms with E-state index in [9.17, 15) is 32.0 Å². The molecule has 0 radical (unpaired) electrons. The molecule has 8 rings (SSSR count). The normalized spacial score (nSPS) is 26.9. The first-order valence-electron chi connectivity index (χ1n) is 18.9. The van der Waals surface area contributed by atoms with Crippen LogP contribution in [0.25, 0.3) is 11.1 Å². The number of carbonyl (C=O) groups is 4. The molecule has 2 saturated carbocycles. The standard InChI is InChI=1S/C41H42FN5O7S/c42-27-18-16-25(17-19-27)37(48)43-34-15-5-3-1-2-4-10-26-23-41(26,40(51)46-55(52,53)29-20-21-29)44-38(49)35-22-28(24-47(35)39(34)50)54-45-36-32-13-8-6-11-30(32)31-12-7-9-14-33(31)36/h4,6-14,16-19,26,28-29,34-35H,1-3,5,15,20-24H2,(H,43,48)(H,44,49)(H,46,51)/b10-4-/t26?,28-,34+,35+,41?/m1/s1. The van der Waals surface area contributed by atoms with Gasteiger partial charge in [-0.2, -0.15) is 0 Å². The van der Waals surface area contributed by atoms with E-state index < -0.39 is 74.4 Å². The molecular weight excluding hydrogens is 726 g/mol. The van der Waals surface area contributed by atoms with Gasteiger partial charge in [0.25, 0.3) is 11.8 Å². The molecule has 55 heavy (non-hydrogen) atoms. The van der Waals surface area contributed by atoms with E-state index >= 15 is 0 Å². The van der Waals surface area contributed by atoms with Crippen LogP contribution in [0.15, 0.2) is 90.1 Å². The summed E-state index contributed by atoms with van der Waals surface area (Å²) in [6.07, 6.45) is 7.27. The molecule has 4 amide bonds. The molecule has 3 aromatic rings. The molecule has 12 nitrogen and oxygen atoms in total. The highest BCUT2D eigenvalue weighted by atomic mass is 32.2. The molecule has 0 aromatic heterocycles. The lowest BCUT2D eigenvalue weighted by Crippen LogP contribution is -2.58. The summed E-state index contributed by atoms with van der Waals surface area (Å²) >= 11 is 0. The highest BCUT2D eigenvalue weighted by Crippen LogP contribution is 2.46. The van der Waals surface area contributed by atoms with Gasteiger partial charge in [0.1, 0.15) is 35.3 Å². The van der Waals surface area contributed by atoms with E-state index in [4.69, 9.17) is 4.84 Å². The summed E-state index contributed by atoms with van der Waals surface area (Å²) < 4.78 is 41.6. The molecular formula is C41H42FN5O7S. The number of allylic oxidation sites excluding steroid dienone is 1. The van der Waals surface area contributed by atoms with E-state index in [0.717, 1.165) is 35.1 Å². The smallest absolute Gasteiger partial charge is 0.259 e.